The lowest BCUT2D eigenvalue weighted by Gasteiger charge is -2.16. The van der Waals surface area contributed by atoms with Crippen molar-refractivity contribution in [2.45, 2.75) is 25.9 Å². The van der Waals surface area contributed by atoms with Crippen molar-refractivity contribution in [3.05, 3.63) is 64.6 Å². The van der Waals surface area contributed by atoms with Crippen LogP contribution in [-0.2, 0) is 13.1 Å². The molecule has 1 aromatic carbocycles. The average molecular weight is 394 g/mol. The largest absolute Gasteiger partial charge is 0.357 e. The van der Waals surface area contributed by atoms with Gasteiger partial charge in [-0.15, -0.1) is 11.3 Å². The van der Waals surface area contributed by atoms with Crippen molar-refractivity contribution in [2.24, 2.45) is 0 Å². The monoisotopic (exact) mass is 393 g/mol. The van der Waals surface area contributed by atoms with Gasteiger partial charge in [-0.05, 0) is 24.5 Å². The molecule has 4 rings (SSSR count). The summed E-state index contributed by atoms with van der Waals surface area (Å²) in [5.41, 5.74) is 3.00. The molecule has 2 aromatic heterocycles. The zero-order chi connectivity index (χ0) is 19.2. The van der Waals surface area contributed by atoms with E-state index in [1.807, 2.05) is 54.0 Å². The maximum absolute atomic E-state index is 12.1. The predicted octanol–water partition coefficient (Wildman–Crippen LogP) is 3.80. The SMILES string of the molecule is O=C(NCc1ccc(N2CCCC2)nc1)NCc1nc(-c2ccccc2)cs1. The van der Waals surface area contributed by atoms with E-state index in [4.69, 9.17) is 0 Å². The number of nitrogens with zero attached hydrogens (tertiary/aromatic N) is 3. The van der Waals surface area contributed by atoms with E-state index in [0.717, 1.165) is 40.7 Å². The number of carbonyl (C=O) groups is 1. The number of urea groups is 1. The molecule has 1 aliphatic rings. The van der Waals surface area contributed by atoms with Crippen LogP contribution in [0.2, 0.25) is 0 Å². The molecule has 0 bridgehead atoms. The Morgan fingerprint density at radius 3 is 2.57 bits per heavy atom. The van der Waals surface area contributed by atoms with Crippen LogP contribution in [0.15, 0.2) is 54.0 Å². The lowest BCUT2D eigenvalue weighted by molar-refractivity contribution is 0.240. The van der Waals surface area contributed by atoms with Crippen LogP contribution in [0.4, 0.5) is 10.6 Å². The molecule has 7 heteroatoms. The zero-order valence-corrected chi connectivity index (χ0v) is 16.4. The first kappa shape index (κ1) is 18.4. The van der Waals surface area contributed by atoms with Crippen molar-refractivity contribution in [3.8, 4) is 11.3 Å². The van der Waals surface area contributed by atoms with Crippen LogP contribution >= 0.6 is 11.3 Å². The molecule has 2 amide bonds. The fourth-order valence-corrected chi connectivity index (χ4v) is 3.93. The van der Waals surface area contributed by atoms with Crippen molar-refractivity contribution in [2.75, 3.05) is 18.0 Å². The summed E-state index contributed by atoms with van der Waals surface area (Å²) >= 11 is 1.55. The van der Waals surface area contributed by atoms with Gasteiger partial charge in [0.05, 0.1) is 12.2 Å². The standard InChI is InChI=1S/C21H23N5OS/c27-21(23-13-16-8-9-19(22-12-16)26-10-4-5-11-26)24-14-20-25-18(15-28-20)17-6-2-1-3-7-17/h1-3,6-9,12,15H,4-5,10-11,13-14H2,(H2,23,24,27). The van der Waals surface area contributed by atoms with Crippen LogP contribution in [0.25, 0.3) is 11.3 Å². The van der Waals surface area contributed by atoms with E-state index in [1.54, 1.807) is 11.3 Å². The number of amides is 2. The Labute approximate surface area is 168 Å². The van der Waals surface area contributed by atoms with Crippen LogP contribution < -0.4 is 15.5 Å². The summed E-state index contributed by atoms with van der Waals surface area (Å²) in [6, 6.07) is 13.9. The first-order chi connectivity index (χ1) is 13.8. The Hall–Kier alpha value is -2.93. The van der Waals surface area contributed by atoms with Gasteiger partial charge < -0.3 is 15.5 Å². The number of thiazole rings is 1. The quantitative estimate of drug-likeness (QED) is 0.668. The maximum atomic E-state index is 12.1. The average Bonchev–Trinajstić information content (AvgIpc) is 3.44. The van der Waals surface area contributed by atoms with Crippen molar-refractivity contribution >= 4 is 23.2 Å². The number of hydrogen-bond acceptors (Lipinski definition) is 5. The number of pyridine rings is 1. The van der Waals surface area contributed by atoms with Gasteiger partial charge in [-0.2, -0.15) is 0 Å². The minimum absolute atomic E-state index is 0.208. The fraction of sp³-hybridized carbons (Fsp3) is 0.286. The molecule has 0 unspecified atom stereocenters. The number of rotatable bonds is 6. The molecule has 3 aromatic rings. The number of carbonyl (C=O) groups excluding carboxylic acids is 1. The first-order valence-electron chi connectivity index (χ1n) is 9.49. The zero-order valence-electron chi connectivity index (χ0n) is 15.6. The first-order valence-corrected chi connectivity index (χ1v) is 10.4. The van der Waals surface area contributed by atoms with Gasteiger partial charge in [0, 0.05) is 36.8 Å². The van der Waals surface area contributed by atoms with E-state index >= 15 is 0 Å². The van der Waals surface area contributed by atoms with Crippen LogP contribution in [0.5, 0.6) is 0 Å². The number of nitrogens with one attached hydrogen (secondary N) is 2. The number of hydrogen-bond donors (Lipinski definition) is 2. The number of benzene rings is 1. The van der Waals surface area contributed by atoms with Gasteiger partial charge in [0.1, 0.15) is 10.8 Å². The lowest BCUT2D eigenvalue weighted by atomic mass is 10.2. The van der Waals surface area contributed by atoms with E-state index in [9.17, 15) is 4.79 Å². The minimum atomic E-state index is -0.208. The highest BCUT2D eigenvalue weighted by atomic mass is 32.1. The maximum Gasteiger partial charge on any atom is 0.315 e. The Morgan fingerprint density at radius 2 is 1.82 bits per heavy atom. The van der Waals surface area contributed by atoms with E-state index in [-0.39, 0.29) is 6.03 Å². The van der Waals surface area contributed by atoms with Gasteiger partial charge in [0.2, 0.25) is 0 Å². The second-order valence-electron chi connectivity index (χ2n) is 6.75. The van der Waals surface area contributed by atoms with E-state index in [2.05, 4.69) is 25.5 Å². The van der Waals surface area contributed by atoms with Crippen LogP contribution in [0, 0.1) is 0 Å². The molecule has 2 N–H and O–H groups in total. The van der Waals surface area contributed by atoms with Gasteiger partial charge in [-0.1, -0.05) is 36.4 Å². The molecular weight excluding hydrogens is 370 g/mol. The van der Waals surface area contributed by atoms with Crippen LogP contribution in [0.1, 0.15) is 23.4 Å². The summed E-state index contributed by atoms with van der Waals surface area (Å²) < 4.78 is 0. The van der Waals surface area contributed by atoms with Crippen molar-refractivity contribution in [1.82, 2.24) is 20.6 Å². The smallest absolute Gasteiger partial charge is 0.315 e. The van der Waals surface area contributed by atoms with E-state index < -0.39 is 0 Å². The third kappa shape index (κ3) is 4.67. The topological polar surface area (TPSA) is 70.2 Å². The highest BCUT2D eigenvalue weighted by Gasteiger charge is 2.13. The van der Waals surface area contributed by atoms with Crippen molar-refractivity contribution < 1.29 is 4.79 Å². The molecular formula is C21H23N5OS. The van der Waals surface area contributed by atoms with Gasteiger partial charge >= 0.3 is 6.03 Å². The summed E-state index contributed by atoms with van der Waals surface area (Å²) in [4.78, 5) is 23.5. The predicted molar refractivity (Wildman–Crippen MR) is 112 cm³/mol. The molecule has 1 saturated heterocycles. The van der Waals surface area contributed by atoms with E-state index in [1.165, 1.54) is 12.8 Å². The summed E-state index contributed by atoms with van der Waals surface area (Å²) in [5.74, 6) is 1.02. The third-order valence-corrected chi connectivity index (χ3v) is 5.56. The van der Waals surface area contributed by atoms with Gasteiger partial charge in [-0.3, -0.25) is 0 Å². The second kappa shape index (κ2) is 8.84. The summed E-state index contributed by atoms with van der Waals surface area (Å²) in [7, 11) is 0. The normalized spacial score (nSPS) is 13.5. The molecule has 144 valence electrons. The van der Waals surface area contributed by atoms with E-state index in [0.29, 0.717) is 13.1 Å². The Balaban J connectivity index is 1.23. The summed E-state index contributed by atoms with van der Waals surface area (Å²) in [6.45, 7) is 3.02. The summed E-state index contributed by atoms with van der Waals surface area (Å²) in [6.07, 6.45) is 4.30. The molecule has 1 aliphatic heterocycles. The third-order valence-electron chi connectivity index (χ3n) is 4.71. The molecule has 0 spiro atoms. The molecule has 28 heavy (non-hydrogen) atoms. The van der Waals surface area contributed by atoms with Gasteiger partial charge in [-0.25, -0.2) is 14.8 Å². The highest BCUT2D eigenvalue weighted by Crippen LogP contribution is 2.21. The highest BCUT2D eigenvalue weighted by molar-refractivity contribution is 7.09. The second-order valence-corrected chi connectivity index (χ2v) is 7.69. The number of anilines is 1. The Morgan fingerprint density at radius 1 is 1.04 bits per heavy atom. The van der Waals surface area contributed by atoms with Crippen molar-refractivity contribution in [3.63, 3.8) is 0 Å². The molecule has 3 heterocycles. The number of aromatic nitrogens is 2. The Bertz CT molecular complexity index is 904. The van der Waals surface area contributed by atoms with Gasteiger partial charge in [0.25, 0.3) is 0 Å². The molecule has 0 aliphatic carbocycles. The van der Waals surface area contributed by atoms with Crippen molar-refractivity contribution in [1.29, 1.82) is 0 Å². The van der Waals surface area contributed by atoms with Crippen LogP contribution in [0.3, 0.4) is 0 Å². The molecule has 0 atom stereocenters. The van der Waals surface area contributed by atoms with Gasteiger partial charge in [0.15, 0.2) is 0 Å². The lowest BCUT2D eigenvalue weighted by Crippen LogP contribution is -2.34. The minimum Gasteiger partial charge on any atom is -0.357 e. The molecule has 0 radical (unpaired) electrons. The Kier molecular flexibility index (Phi) is 5.82. The van der Waals surface area contributed by atoms with Crippen LogP contribution in [-0.4, -0.2) is 29.1 Å². The molecule has 1 fully saturated rings. The fourth-order valence-electron chi connectivity index (χ4n) is 3.19. The summed E-state index contributed by atoms with van der Waals surface area (Å²) in [5, 5.41) is 8.62. The molecule has 0 saturated carbocycles. The molecule has 6 nitrogen and oxygen atoms in total.